The maximum Gasteiger partial charge on any atom is 0.147 e. The van der Waals surface area contributed by atoms with Crippen LogP contribution in [0.25, 0.3) is 99.7 Å². The molecule has 5 heterocycles. The second-order valence-electron chi connectivity index (χ2n) is 14.8. The van der Waals surface area contributed by atoms with E-state index >= 15 is 0 Å². The Labute approximate surface area is 353 Å². The molecule has 7 heteroatoms. The van der Waals surface area contributed by atoms with Crippen LogP contribution in [0.2, 0.25) is 0 Å². The molecule has 285 valence electrons. The Morgan fingerprint density at radius 3 is 2.10 bits per heavy atom. The first-order valence-electron chi connectivity index (χ1n) is 19.6. The van der Waals surface area contributed by atoms with Crippen molar-refractivity contribution >= 4 is 71.3 Å². The van der Waals surface area contributed by atoms with Gasteiger partial charge in [-0.3, -0.25) is 9.38 Å². The van der Waals surface area contributed by atoms with E-state index in [1.807, 2.05) is 54.6 Å². The van der Waals surface area contributed by atoms with Crippen LogP contribution in [0.15, 0.2) is 174 Å². The first-order valence-corrected chi connectivity index (χ1v) is 19.6. The molecular weight excluding hydrogens is 903 g/mol. The van der Waals surface area contributed by atoms with Gasteiger partial charge in [0.05, 0.1) is 33.5 Å². The molecule has 0 spiro atoms. The Hall–Kier alpha value is -6.92. The predicted octanol–water partition coefficient (Wildman–Crippen LogP) is 13.2. The topological polar surface area (TPSA) is 61.2 Å². The van der Waals surface area contributed by atoms with Crippen LogP contribution >= 0.6 is 0 Å². The zero-order valence-corrected chi connectivity index (χ0v) is 34.6. The number of para-hydroxylation sites is 4. The average molecular weight is 938 g/mol. The van der Waals surface area contributed by atoms with Gasteiger partial charge in [-0.15, -0.1) is 54.1 Å². The number of rotatable bonds is 4. The van der Waals surface area contributed by atoms with Crippen molar-refractivity contribution in [3.05, 3.63) is 188 Å². The third kappa shape index (κ3) is 5.93. The second-order valence-corrected chi connectivity index (χ2v) is 14.8. The van der Waals surface area contributed by atoms with Crippen LogP contribution in [0.1, 0.15) is 25.3 Å². The molecule has 59 heavy (non-hydrogen) atoms. The van der Waals surface area contributed by atoms with Gasteiger partial charge in [-0.25, -0.2) is 4.98 Å². The Bertz CT molecular complexity index is 3460. The third-order valence-corrected chi connectivity index (χ3v) is 11.1. The van der Waals surface area contributed by atoms with Crippen LogP contribution in [-0.2, 0) is 20.1 Å². The molecule has 0 fully saturated rings. The van der Waals surface area contributed by atoms with Crippen LogP contribution in [0, 0.1) is 12.1 Å². The first kappa shape index (κ1) is 36.4. The molecule has 0 N–H and O–H groups in total. The number of imidazole rings is 2. The van der Waals surface area contributed by atoms with Gasteiger partial charge in [0.2, 0.25) is 0 Å². The molecule has 7 aromatic carbocycles. The van der Waals surface area contributed by atoms with E-state index in [-0.39, 0.29) is 20.1 Å². The number of fused-ring (bicyclic) bond motifs is 13. The maximum atomic E-state index is 7.00. The molecule has 0 saturated carbocycles. The van der Waals surface area contributed by atoms with Gasteiger partial charge in [0.15, 0.2) is 0 Å². The van der Waals surface area contributed by atoms with E-state index in [9.17, 15) is 0 Å². The summed E-state index contributed by atoms with van der Waals surface area (Å²) in [6, 6.07) is 62.7. The van der Waals surface area contributed by atoms with Crippen molar-refractivity contribution in [2.24, 2.45) is 0 Å². The van der Waals surface area contributed by atoms with Gasteiger partial charge in [0.1, 0.15) is 16.7 Å². The van der Waals surface area contributed by atoms with Crippen molar-refractivity contribution in [1.82, 2.24) is 23.9 Å². The van der Waals surface area contributed by atoms with Gasteiger partial charge < -0.3 is 14.0 Å². The molecule has 0 aliphatic carbocycles. The van der Waals surface area contributed by atoms with E-state index in [0.29, 0.717) is 5.92 Å². The monoisotopic (exact) mass is 938 g/mol. The Balaban J connectivity index is 0.000000279. The zero-order chi connectivity index (χ0) is 38.7. The maximum absolute atomic E-state index is 7.00. The van der Waals surface area contributed by atoms with E-state index < -0.39 is 0 Å². The summed E-state index contributed by atoms with van der Waals surface area (Å²) in [5, 5.41) is 5.57. The van der Waals surface area contributed by atoms with E-state index in [4.69, 9.17) is 14.4 Å². The summed E-state index contributed by atoms with van der Waals surface area (Å²) in [5.74, 6) is 1.15. The number of hydrogen-bond acceptors (Lipinski definition) is 4. The average Bonchev–Trinajstić information content (AvgIpc) is 3.99. The van der Waals surface area contributed by atoms with Gasteiger partial charge in [-0.2, -0.15) is 0 Å². The Morgan fingerprint density at radius 1 is 0.559 bits per heavy atom. The molecule has 12 rings (SSSR count). The number of furan rings is 1. The molecule has 5 aromatic heterocycles. The zero-order valence-electron chi connectivity index (χ0n) is 32.2. The fourth-order valence-corrected chi connectivity index (χ4v) is 8.44. The van der Waals surface area contributed by atoms with Gasteiger partial charge >= 0.3 is 0 Å². The summed E-state index contributed by atoms with van der Waals surface area (Å²) < 4.78 is 11.5. The fraction of sp³-hybridized carbons (Fsp3) is 0.0577. The smallest absolute Gasteiger partial charge is 0.147 e. The van der Waals surface area contributed by atoms with Gasteiger partial charge in [-0.05, 0) is 65.0 Å². The summed E-state index contributed by atoms with van der Waals surface area (Å²) in [6.45, 7) is 4.47. The van der Waals surface area contributed by atoms with Crippen LogP contribution in [0.4, 0.5) is 0 Å². The summed E-state index contributed by atoms with van der Waals surface area (Å²) >= 11 is 0. The van der Waals surface area contributed by atoms with E-state index in [2.05, 4.69) is 149 Å². The molecule has 6 nitrogen and oxygen atoms in total. The quantitative estimate of drug-likeness (QED) is 0.130. The molecule has 0 amide bonds. The molecule has 0 bridgehead atoms. The normalized spacial score (nSPS) is 11.6. The largest absolute Gasteiger partial charge is 0.498 e. The van der Waals surface area contributed by atoms with Gasteiger partial charge in [0, 0.05) is 48.1 Å². The minimum absolute atomic E-state index is 0. The molecule has 0 unspecified atom stereocenters. The third-order valence-electron chi connectivity index (χ3n) is 11.1. The summed E-state index contributed by atoms with van der Waals surface area (Å²) in [7, 11) is 0. The van der Waals surface area contributed by atoms with Crippen molar-refractivity contribution in [1.29, 1.82) is 0 Å². The standard InChI is InChI=1S/C41H27N4O.C11H8N.Ir/c1-24(2)25-12-5-8-19-34(25)44-36-21-10-7-18-32(36)42-41(44)31-17-11-16-28-29-22-23-33-37(39(29)46-38(28)31)45-35-20-9-6-14-27(35)26-13-3-4-15-30(26)40(45)43-33;1-2-6-10(7-3-1)11-8-4-5-9-12-11;/h3-16,18-24H,1-2H3;1-6,8-9H;/q2*-1;. The number of benzene rings is 7. The van der Waals surface area contributed by atoms with Crippen LogP contribution in [0.5, 0.6) is 0 Å². The summed E-state index contributed by atoms with van der Waals surface area (Å²) in [4.78, 5) is 14.6. The van der Waals surface area contributed by atoms with Crippen molar-refractivity contribution in [2.45, 2.75) is 19.8 Å². The predicted molar refractivity (Wildman–Crippen MR) is 236 cm³/mol. The fourth-order valence-electron chi connectivity index (χ4n) is 8.44. The number of nitrogens with zero attached hydrogens (tertiary/aromatic N) is 5. The minimum Gasteiger partial charge on any atom is -0.498 e. The number of hydrogen-bond donors (Lipinski definition) is 0. The molecule has 0 aliphatic rings. The van der Waals surface area contributed by atoms with Crippen LogP contribution in [-0.4, -0.2) is 23.9 Å². The van der Waals surface area contributed by atoms with Crippen LogP contribution in [0.3, 0.4) is 0 Å². The first-order chi connectivity index (χ1) is 28.6. The van der Waals surface area contributed by atoms with Crippen molar-refractivity contribution in [2.75, 3.05) is 0 Å². The van der Waals surface area contributed by atoms with E-state index in [1.165, 1.54) is 16.3 Å². The van der Waals surface area contributed by atoms with Gasteiger partial charge in [-0.1, -0.05) is 110 Å². The van der Waals surface area contributed by atoms with Crippen LogP contribution < -0.4 is 0 Å². The van der Waals surface area contributed by atoms with Crippen molar-refractivity contribution in [3.63, 3.8) is 0 Å². The summed E-state index contributed by atoms with van der Waals surface area (Å²) in [6.07, 6.45) is 1.79. The minimum atomic E-state index is 0. The molecule has 0 aliphatic heterocycles. The molecule has 1 radical (unpaired) electrons. The van der Waals surface area contributed by atoms with Crippen molar-refractivity contribution in [3.8, 4) is 28.3 Å². The Morgan fingerprint density at radius 2 is 1.29 bits per heavy atom. The van der Waals surface area contributed by atoms with E-state index in [0.717, 1.165) is 88.9 Å². The van der Waals surface area contributed by atoms with Crippen molar-refractivity contribution < 1.29 is 24.5 Å². The molecule has 0 atom stereocenters. The number of aromatic nitrogens is 5. The Kier molecular flexibility index (Phi) is 9.13. The number of pyridine rings is 2. The van der Waals surface area contributed by atoms with E-state index in [1.54, 1.807) is 6.20 Å². The SMILES string of the molecule is CC(C)c1ccccc1-n1c(-c2[c-]ccc3c2oc2c3ccc3nc4c5ccccc5c5ccccc5n4c32)nc2ccccc21.[Ir].[c-]1ccccc1-c1ccccn1. The molecular formula is C52H35IrN5O-2. The molecule has 0 saturated heterocycles. The second kappa shape index (κ2) is 14.8. The van der Waals surface area contributed by atoms with Gasteiger partial charge in [0.25, 0.3) is 0 Å². The molecule has 12 aromatic rings. The summed E-state index contributed by atoms with van der Waals surface area (Å²) in [5.41, 5.74) is 12.7.